The van der Waals surface area contributed by atoms with Gasteiger partial charge < -0.3 is 35.3 Å². The molecule has 0 spiro atoms. The van der Waals surface area contributed by atoms with Gasteiger partial charge in [-0.3, -0.25) is 19.1 Å². The van der Waals surface area contributed by atoms with Gasteiger partial charge in [0.25, 0.3) is 0 Å². The second kappa shape index (κ2) is 18.4. The summed E-state index contributed by atoms with van der Waals surface area (Å²) in [4.78, 5) is 64.1. The number of ether oxygens (including phenoxy) is 3. The average Bonchev–Trinajstić information content (AvgIpc) is 3.39. The van der Waals surface area contributed by atoms with Crippen molar-refractivity contribution in [3.63, 3.8) is 0 Å². The second-order valence-corrected chi connectivity index (χ2v) is 15.5. The van der Waals surface area contributed by atoms with E-state index in [4.69, 9.17) is 14.2 Å². The zero-order valence-corrected chi connectivity index (χ0v) is 31.4. The third-order valence-corrected chi connectivity index (χ3v) is 9.94. The molecule has 290 valence electrons. The van der Waals surface area contributed by atoms with Crippen LogP contribution >= 0.6 is 0 Å². The summed E-state index contributed by atoms with van der Waals surface area (Å²) in [5.41, 5.74) is 0.826. The minimum Gasteiger partial charge on any atom is -0.507 e. The Morgan fingerprint density at radius 1 is 0.870 bits per heavy atom. The molecule has 3 atom stereocenters. The fourth-order valence-corrected chi connectivity index (χ4v) is 7.06. The number of esters is 1. The normalized spacial score (nSPS) is 15.9. The van der Waals surface area contributed by atoms with E-state index in [-0.39, 0.29) is 49.5 Å². The fraction of sp³-hybridized carbons (Fsp3) is 0.395. The molecule has 0 bridgehead atoms. The van der Waals surface area contributed by atoms with E-state index in [1.54, 1.807) is 69.3 Å². The van der Waals surface area contributed by atoms with E-state index in [0.717, 1.165) is 5.56 Å². The molecule has 3 aromatic rings. The van der Waals surface area contributed by atoms with Gasteiger partial charge in [0.15, 0.2) is 0 Å². The smallest absolute Gasteiger partial charge is 0.408 e. The Kier molecular flexibility index (Phi) is 14.0. The molecule has 4 amide bonds. The number of amides is 4. The Morgan fingerprint density at radius 3 is 2.13 bits per heavy atom. The van der Waals surface area contributed by atoms with Crippen molar-refractivity contribution in [3.8, 4) is 11.5 Å². The molecule has 1 heterocycles. The highest BCUT2D eigenvalue weighted by atomic mass is 32.2. The van der Waals surface area contributed by atoms with Crippen LogP contribution in [0.15, 0.2) is 72.8 Å². The van der Waals surface area contributed by atoms with Crippen molar-refractivity contribution in [1.82, 2.24) is 20.7 Å². The van der Waals surface area contributed by atoms with Gasteiger partial charge in [0.1, 0.15) is 40.0 Å². The quantitative estimate of drug-likeness (QED) is 0.105. The van der Waals surface area contributed by atoms with Crippen molar-refractivity contribution in [1.29, 1.82) is 0 Å². The number of hydrogen-bond donors (Lipinski definition) is 5. The predicted octanol–water partition coefficient (Wildman–Crippen LogP) is 3.21. The number of phenolic OH excluding ortho intramolecular Hbond substituents is 1. The van der Waals surface area contributed by atoms with Crippen LogP contribution in [-0.2, 0) is 46.7 Å². The molecule has 1 aliphatic rings. The number of rotatable bonds is 16. The summed E-state index contributed by atoms with van der Waals surface area (Å²) in [6, 6.07) is 17.6. The number of alkyl carbamates (subject to hydrolysis) is 1. The molecule has 1 saturated heterocycles. The number of unbranched alkanes of at least 4 members (excludes halogenated alkanes) is 1. The molecule has 16 heteroatoms. The summed E-state index contributed by atoms with van der Waals surface area (Å²) in [6.07, 6.45) is 0.00304. The first-order valence-corrected chi connectivity index (χ1v) is 18.9. The molecule has 0 aromatic heterocycles. The topological polar surface area (TPSA) is 216 Å². The first-order valence-electron chi connectivity index (χ1n) is 17.3. The molecule has 0 aliphatic carbocycles. The maximum Gasteiger partial charge on any atom is 0.408 e. The largest absolute Gasteiger partial charge is 0.507 e. The minimum absolute atomic E-state index is 0.00780. The second-order valence-electron chi connectivity index (χ2n) is 13.6. The van der Waals surface area contributed by atoms with Crippen molar-refractivity contribution >= 4 is 39.8 Å². The molecular formula is C38H46N4O11S. The van der Waals surface area contributed by atoms with Gasteiger partial charge in [-0.1, -0.05) is 60.7 Å². The number of hydrogen-bond acceptors (Lipinski definition) is 11. The number of aromatic hydroxyl groups is 1. The van der Waals surface area contributed by atoms with E-state index < -0.39 is 62.7 Å². The van der Waals surface area contributed by atoms with Gasteiger partial charge in [-0.15, -0.1) is 0 Å². The molecule has 1 aliphatic heterocycles. The third-order valence-electron chi connectivity index (χ3n) is 8.24. The van der Waals surface area contributed by atoms with Crippen LogP contribution in [0.25, 0.3) is 0 Å². The summed E-state index contributed by atoms with van der Waals surface area (Å²) >= 11 is 0. The highest BCUT2D eigenvalue weighted by molar-refractivity contribution is 7.90. The first kappa shape index (κ1) is 41.1. The minimum atomic E-state index is -3.86. The lowest BCUT2D eigenvalue weighted by Crippen LogP contribution is -2.55. The molecule has 0 saturated carbocycles. The highest BCUT2D eigenvalue weighted by Gasteiger charge is 2.38. The van der Waals surface area contributed by atoms with Crippen molar-refractivity contribution in [3.05, 3.63) is 95.1 Å². The lowest BCUT2D eigenvalue weighted by Gasteiger charge is -2.25. The van der Waals surface area contributed by atoms with Gasteiger partial charge >= 0.3 is 12.1 Å². The summed E-state index contributed by atoms with van der Waals surface area (Å²) in [5.74, 6) is -2.62. The lowest BCUT2D eigenvalue weighted by molar-refractivity contribution is -0.130. The first-order chi connectivity index (χ1) is 25.6. The molecule has 15 nitrogen and oxygen atoms in total. The average molecular weight is 767 g/mol. The molecule has 1 fully saturated rings. The van der Waals surface area contributed by atoms with Gasteiger partial charge in [0.05, 0.1) is 20.1 Å². The van der Waals surface area contributed by atoms with E-state index in [1.807, 2.05) is 10.8 Å². The number of methoxy groups -OCH3 is 1. The number of benzene rings is 3. The molecule has 5 N–H and O–H groups in total. The van der Waals surface area contributed by atoms with Crippen LogP contribution in [0.2, 0.25) is 0 Å². The van der Waals surface area contributed by atoms with Gasteiger partial charge in [0.2, 0.25) is 27.7 Å². The Labute approximate surface area is 314 Å². The molecular weight excluding hydrogens is 721 g/mol. The van der Waals surface area contributed by atoms with Crippen molar-refractivity contribution in [2.24, 2.45) is 0 Å². The van der Waals surface area contributed by atoms with E-state index in [0.29, 0.717) is 24.0 Å². The number of carbonyl (C=O) groups is 5. The zero-order valence-electron chi connectivity index (χ0n) is 30.5. The Bertz CT molecular complexity index is 1910. The van der Waals surface area contributed by atoms with Crippen molar-refractivity contribution in [2.45, 2.75) is 75.8 Å². The van der Waals surface area contributed by atoms with Crippen LogP contribution in [0.5, 0.6) is 11.5 Å². The predicted molar refractivity (Wildman–Crippen MR) is 197 cm³/mol. The maximum atomic E-state index is 13.8. The monoisotopic (exact) mass is 766 g/mol. The van der Waals surface area contributed by atoms with E-state index >= 15 is 0 Å². The summed E-state index contributed by atoms with van der Waals surface area (Å²) in [6.45, 7) is 5.43. The van der Waals surface area contributed by atoms with Gasteiger partial charge in [-0.25, -0.2) is 18.0 Å². The van der Waals surface area contributed by atoms with Crippen LogP contribution < -0.4 is 25.4 Å². The van der Waals surface area contributed by atoms with Crippen LogP contribution in [0.1, 0.15) is 72.3 Å². The molecule has 4 rings (SSSR count). The molecule has 3 unspecified atom stereocenters. The summed E-state index contributed by atoms with van der Waals surface area (Å²) in [7, 11) is -2.67. The lowest BCUT2D eigenvalue weighted by atomic mass is 10.0. The van der Waals surface area contributed by atoms with Gasteiger partial charge in [-0.05, 0) is 62.4 Å². The Balaban J connectivity index is 1.46. The Morgan fingerprint density at radius 2 is 1.52 bits per heavy atom. The number of nitrogens with one attached hydrogen (secondary N) is 4. The van der Waals surface area contributed by atoms with Gasteiger partial charge in [0, 0.05) is 19.4 Å². The van der Waals surface area contributed by atoms with E-state index in [2.05, 4.69) is 16.0 Å². The Hall–Kier alpha value is -5.64. The molecule has 0 radical (unpaired) electrons. The SMILES string of the molecule is COC(=O)c1c(O)cccc1OCCCCNC(=O)C(Cc1ccc(C2CC(=O)NS2(=O)=O)cc1)NC(=O)C(Cc1ccccc1)NC(=O)OC(C)(C)C. The highest BCUT2D eigenvalue weighted by Crippen LogP contribution is 2.30. The van der Waals surface area contributed by atoms with E-state index in [1.165, 1.54) is 25.3 Å². The summed E-state index contributed by atoms with van der Waals surface area (Å²) < 4.78 is 42.6. The van der Waals surface area contributed by atoms with Crippen molar-refractivity contribution < 1.29 is 51.7 Å². The fourth-order valence-electron chi connectivity index (χ4n) is 5.63. The number of phenols is 1. The standard InChI is InChI=1S/C38H46N4O11S/c1-38(2,3)53-37(48)41-28(21-24-11-6-5-7-12-24)35(46)40-27(22-25-15-17-26(18-16-25)31-23-32(44)42-54(31,49)50)34(45)39-19-8-9-20-52-30-14-10-13-29(43)33(30)36(47)51-4/h5-7,10-18,27-28,31,43H,8-9,19-23H2,1-4H3,(H,39,45)(H,40,46)(H,41,48)(H,42,44). The molecule has 54 heavy (non-hydrogen) atoms. The van der Waals surface area contributed by atoms with Crippen LogP contribution in [-0.4, -0.2) is 81.3 Å². The van der Waals surface area contributed by atoms with Crippen LogP contribution in [0, 0.1) is 0 Å². The van der Waals surface area contributed by atoms with Crippen molar-refractivity contribution in [2.75, 3.05) is 20.3 Å². The number of carbonyl (C=O) groups excluding carboxylic acids is 5. The zero-order chi connectivity index (χ0) is 39.5. The molecule has 3 aromatic carbocycles. The van der Waals surface area contributed by atoms with Crippen LogP contribution in [0.4, 0.5) is 4.79 Å². The van der Waals surface area contributed by atoms with E-state index in [9.17, 15) is 37.5 Å². The van der Waals surface area contributed by atoms with Crippen LogP contribution in [0.3, 0.4) is 0 Å². The number of sulfonamides is 1. The summed E-state index contributed by atoms with van der Waals surface area (Å²) in [5, 5.41) is 17.3. The van der Waals surface area contributed by atoms with Gasteiger partial charge in [-0.2, -0.15) is 0 Å². The maximum absolute atomic E-state index is 13.8. The third kappa shape index (κ3) is 11.9.